The van der Waals surface area contributed by atoms with Crippen LogP contribution in [-0.4, -0.2) is 25.9 Å². The maximum atomic E-state index is 5.49. The van der Waals surface area contributed by atoms with E-state index in [0.717, 1.165) is 13.0 Å². The van der Waals surface area contributed by atoms with E-state index in [1.165, 1.54) is 25.7 Å². The van der Waals surface area contributed by atoms with Gasteiger partial charge in [-0.1, -0.05) is 26.2 Å². The van der Waals surface area contributed by atoms with E-state index in [1.54, 1.807) is 7.11 Å². The van der Waals surface area contributed by atoms with Gasteiger partial charge in [0.25, 0.3) is 0 Å². The van der Waals surface area contributed by atoms with Crippen molar-refractivity contribution in [3.63, 3.8) is 0 Å². The lowest BCUT2D eigenvalue weighted by atomic mass is 10.1. The van der Waals surface area contributed by atoms with Crippen LogP contribution in [0.4, 0.5) is 0 Å². The van der Waals surface area contributed by atoms with Gasteiger partial charge in [0.15, 0.2) is 0 Å². The van der Waals surface area contributed by atoms with Crippen molar-refractivity contribution < 1.29 is 9.47 Å². The van der Waals surface area contributed by atoms with Gasteiger partial charge in [-0.15, -0.1) is 0 Å². The van der Waals surface area contributed by atoms with Crippen molar-refractivity contribution in [3.05, 3.63) is 0 Å². The molecule has 1 saturated heterocycles. The third kappa shape index (κ3) is 3.55. The Morgan fingerprint density at radius 1 is 1.17 bits per heavy atom. The van der Waals surface area contributed by atoms with E-state index < -0.39 is 0 Å². The molecule has 1 heterocycles. The van der Waals surface area contributed by atoms with Gasteiger partial charge in [0.05, 0.1) is 12.2 Å². The fourth-order valence-corrected chi connectivity index (χ4v) is 1.52. The summed E-state index contributed by atoms with van der Waals surface area (Å²) in [6.45, 7) is 3.07. The summed E-state index contributed by atoms with van der Waals surface area (Å²) in [6, 6.07) is 0. The van der Waals surface area contributed by atoms with Crippen LogP contribution in [-0.2, 0) is 9.47 Å². The zero-order valence-electron chi connectivity index (χ0n) is 8.21. The van der Waals surface area contributed by atoms with Crippen molar-refractivity contribution in [2.45, 2.75) is 51.2 Å². The van der Waals surface area contributed by atoms with Gasteiger partial charge in [-0.3, -0.25) is 0 Å². The Hall–Kier alpha value is -0.0800. The average Bonchev–Trinajstić information content (AvgIpc) is 2.81. The predicted molar refractivity (Wildman–Crippen MR) is 49.3 cm³/mol. The monoisotopic (exact) mass is 172 g/mol. The van der Waals surface area contributed by atoms with Crippen LogP contribution in [0.3, 0.4) is 0 Å². The number of ether oxygens (including phenoxy) is 2. The fraction of sp³-hybridized carbons (Fsp3) is 1.00. The second kappa shape index (κ2) is 5.55. The van der Waals surface area contributed by atoms with E-state index in [4.69, 9.17) is 9.47 Å². The van der Waals surface area contributed by atoms with Gasteiger partial charge < -0.3 is 9.47 Å². The first kappa shape index (κ1) is 10.0. The molecule has 0 aromatic carbocycles. The molecule has 2 nitrogen and oxygen atoms in total. The highest BCUT2D eigenvalue weighted by atomic mass is 16.6. The number of epoxide rings is 1. The van der Waals surface area contributed by atoms with Crippen LogP contribution in [0.2, 0.25) is 0 Å². The second-order valence-electron chi connectivity index (χ2n) is 3.49. The van der Waals surface area contributed by atoms with Crippen LogP contribution >= 0.6 is 0 Å². The molecule has 0 amide bonds. The molecule has 1 aliphatic rings. The quantitative estimate of drug-likeness (QED) is 0.434. The summed E-state index contributed by atoms with van der Waals surface area (Å²) < 4.78 is 10.5. The number of hydrogen-bond donors (Lipinski definition) is 0. The van der Waals surface area contributed by atoms with Crippen LogP contribution in [0.25, 0.3) is 0 Å². The Balaban J connectivity index is 1.86. The molecular weight excluding hydrogens is 152 g/mol. The highest BCUT2D eigenvalue weighted by Gasteiger charge is 2.36. The minimum atomic E-state index is 0.516. The topological polar surface area (TPSA) is 21.8 Å². The van der Waals surface area contributed by atoms with Crippen molar-refractivity contribution in [2.75, 3.05) is 13.7 Å². The lowest BCUT2D eigenvalue weighted by Gasteiger charge is -1.94. The molecule has 0 aromatic rings. The molecule has 0 bridgehead atoms. The first-order valence-electron chi connectivity index (χ1n) is 5.03. The predicted octanol–water partition coefficient (Wildman–Crippen LogP) is 2.37. The molecule has 1 rings (SSSR count). The smallest absolute Gasteiger partial charge is 0.0863 e. The van der Waals surface area contributed by atoms with Gasteiger partial charge in [-0.25, -0.2) is 0 Å². The third-order valence-corrected chi connectivity index (χ3v) is 2.39. The zero-order valence-corrected chi connectivity index (χ0v) is 8.21. The first-order valence-corrected chi connectivity index (χ1v) is 5.03. The molecule has 0 unspecified atom stereocenters. The van der Waals surface area contributed by atoms with Crippen LogP contribution < -0.4 is 0 Å². The molecule has 0 saturated carbocycles. The Labute approximate surface area is 75.2 Å². The fourth-order valence-electron chi connectivity index (χ4n) is 1.52. The first-order chi connectivity index (χ1) is 5.88. The van der Waals surface area contributed by atoms with Gasteiger partial charge in [0.2, 0.25) is 0 Å². The molecule has 0 aromatic heterocycles. The normalized spacial score (nSPS) is 27.5. The van der Waals surface area contributed by atoms with Crippen molar-refractivity contribution in [1.29, 1.82) is 0 Å². The molecular formula is C10H20O2. The van der Waals surface area contributed by atoms with E-state index in [2.05, 4.69) is 6.92 Å². The number of methoxy groups -OCH3 is 1. The molecule has 12 heavy (non-hydrogen) atoms. The zero-order chi connectivity index (χ0) is 8.81. The molecule has 0 aliphatic carbocycles. The highest BCUT2D eigenvalue weighted by Crippen LogP contribution is 2.29. The Morgan fingerprint density at radius 3 is 2.58 bits per heavy atom. The van der Waals surface area contributed by atoms with Gasteiger partial charge in [0, 0.05) is 13.7 Å². The van der Waals surface area contributed by atoms with Crippen LogP contribution in [0.1, 0.15) is 39.0 Å². The summed E-state index contributed by atoms with van der Waals surface area (Å²) in [6.07, 6.45) is 7.38. The molecule has 2 heteroatoms. The second-order valence-corrected chi connectivity index (χ2v) is 3.49. The lowest BCUT2D eigenvalue weighted by Crippen LogP contribution is -1.98. The van der Waals surface area contributed by atoms with E-state index in [1.807, 2.05) is 0 Å². The number of unbranched alkanes of at least 4 members (excludes halogenated alkanes) is 2. The van der Waals surface area contributed by atoms with Gasteiger partial charge in [-0.2, -0.15) is 0 Å². The maximum Gasteiger partial charge on any atom is 0.0863 e. The van der Waals surface area contributed by atoms with Crippen LogP contribution in [0, 0.1) is 0 Å². The molecule has 1 aliphatic heterocycles. The van der Waals surface area contributed by atoms with Crippen molar-refractivity contribution in [1.82, 2.24) is 0 Å². The Kier molecular flexibility index (Phi) is 4.62. The molecule has 0 spiro atoms. The van der Waals surface area contributed by atoms with E-state index in [0.29, 0.717) is 12.2 Å². The summed E-state index contributed by atoms with van der Waals surface area (Å²) in [7, 11) is 1.74. The lowest BCUT2D eigenvalue weighted by molar-refractivity contribution is 0.184. The standard InChI is InChI=1S/C10H20O2/c1-3-4-5-6-9-10(12-9)7-8-11-2/h9-10H,3-8H2,1-2H3/t9-,10+/m1/s1. The highest BCUT2D eigenvalue weighted by molar-refractivity contribution is 4.84. The Morgan fingerprint density at radius 2 is 1.92 bits per heavy atom. The third-order valence-electron chi connectivity index (χ3n) is 2.39. The molecule has 2 atom stereocenters. The summed E-state index contributed by atoms with van der Waals surface area (Å²) in [5.41, 5.74) is 0. The molecule has 72 valence electrons. The van der Waals surface area contributed by atoms with E-state index in [-0.39, 0.29) is 0 Å². The average molecular weight is 172 g/mol. The number of hydrogen-bond acceptors (Lipinski definition) is 2. The summed E-state index contributed by atoms with van der Waals surface area (Å²) in [4.78, 5) is 0. The van der Waals surface area contributed by atoms with E-state index >= 15 is 0 Å². The van der Waals surface area contributed by atoms with Crippen molar-refractivity contribution >= 4 is 0 Å². The molecule has 1 fully saturated rings. The minimum absolute atomic E-state index is 0.516. The molecule has 0 N–H and O–H groups in total. The SMILES string of the molecule is CCCCC[C@H]1O[C@H]1CCOC. The molecule has 0 radical (unpaired) electrons. The largest absolute Gasteiger partial charge is 0.385 e. The minimum Gasteiger partial charge on any atom is -0.385 e. The van der Waals surface area contributed by atoms with Gasteiger partial charge in [-0.05, 0) is 12.8 Å². The van der Waals surface area contributed by atoms with E-state index in [9.17, 15) is 0 Å². The summed E-state index contributed by atoms with van der Waals surface area (Å²) in [5.74, 6) is 0. The summed E-state index contributed by atoms with van der Waals surface area (Å²) >= 11 is 0. The van der Waals surface area contributed by atoms with Crippen LogP contribution in [0.15, 0.2) is 0 Å². The maximum absolute atomic E-state index is 5.49. The van der Waals surface area contributed by atoms with Crippen molar-refractivity contribution in [2.24, 2.45) is 0 Å². The number of rotatable bonds is 7. The van der Waals surface area contributed by atoms with Gasteiger partial charge in [0.1, 0.15) is 0 Å². The van der Waals surface area contributed by atoms with Crippen molar-refractivity contribution in [3.8, 4) is 0 Å². The summed E-state index contributed by atoms with van der Waals surface area (Å²) in [5, 5.41) is 0. The van der Waals surface area contributed by atoms with Crippen LogP contribution in [0.5, 0.6) is 0 Å². The van der Waals surface area contributed by atoms with Gasteiger partial charge >= 0.3 is 0 Å². The Bertz CT molecular complexity index is 114.